The van der Waals surface area contributed by atoms with Crippen molar-refractivity contribution in [2.24, 2.45) is 0 Å². The first kappa shape index (κ1) is 17.7. The maximum absolute atomic E-state index is 13.0. The average Bonchev–Trinajstić information content (AvgIpc) is 2.62. The van der Waals surface area contributed by atoms with Gasteiger partial charge < -0.3 is 10.6 Å². The van der Waals surface area contributed by atoms with Crippen LogP contribution in [-0.2, 0) is 11.2 Å². The van der Waals surface area contributed by atoms with Crippen molar-refractivity contribution in [3.63, 3.8) is 0 Å². The molecule has 2 heterocycles. The first-order valence-electron chi connectivity index (χ1n) is 8.47. The number of pyridine rings is 1. The number of nitrogens with zero attached hydrogens (tertiary/aromatic N) is 2. The van der Waals surface area contributed by atoms with Gasteiger partial charge in [-0.2, -0.15) is 0 Å². The second kappa shape index (κ2) is 8.31. The zero-order valence-electron chi connectivity index (χ0n) is 13.9. The topological polar surface area (TPSA) is 57.3 Å². The Morgan fingerprint density at radius 2 is 2.20 bits per heavy atom. The molecule has 0 radical (unpaired) electrons. The molecule has 3 rings (SSSR count). The highest BCUT2D eigenvalue weighted by atomic mass is 19.3. The Morgan fingerprint density at radius 1 is 1.36 bits per heavy atom. The van der Waals surface area contributed by atoms with E-state index in [1.54, 1.807) is 11.1 Å². The maximum Gasteiger partial charge on any atom is 0.255 e. The number of para-hydroxylation sites is 1. The van der Waals surface area contributed by atoms with Crippen molar-refractivity contribution >= 4 is 16.8 Å². The molecule has 1 saturated heterocycles. The molecule has 0 aliphatic carbocycles. The lowest BCUT2D eigenvalue weighted by Gasteiger charge is -2.34. The molecule has 0 spiro atoms. The lowest BCUT2D eigenvalue weighted by Crippen LogP contribution is -2.56. The largest absolute Gasteiger partial charge is 0.355 e. The molecular weight excluding hydrogens is 326 g/mol. The number of halogens is 2. The summed E-state index contributed by atoms with van der Waals surface area (Å²) in [7, 11) is 0. The Kier molecular flexibility index (Phi) is 5.88. The van der Waals surface area contributed by atoms with E-state index >= 15 is 0 Å². The number of hydrogen-bond donors (Lipinski definition) is 2. The molecule has 5 nitrogen and oxygen atoms in total. The summed E-state index contributed by atoms with van der Waals surface area (Å²) in [5.74, 6) is -0.222. The van der Waals surface area contributed by atoms with E-state index in [0.717, 1.165) is 16.5 Å². The van der Waals surface area contributed by atoms with Gasteiger partial charge in [0.05, 0.1) is 18.1 Å². The van der Waals surface area contributed by atoms with Crippen molar-refractivity contribution in [1.82, 2.24) is 20.5 Å². The van der Waals surface area contributed by atoms with Crippen LogP contribution in [0.3, 0.4) is 0 Å². The summed E-state index contributed by atoms with van der Waals surface area (Å²) in [6.45, 7) is 1.75. The zero-order valence-corrected chi connectivity index (χ0v) is 13.9. The van der Waals surface area contributed by atoms with Gasteiger partial charge in [0.2, 0.25) is 5.91 Å². The number of piperazine rings is 1. The fraction of sp³-hybridized carbons (Fsp3) is 0.444. The summed E-state index contributed by atoms with van der Waals surface area (Å²) in [4.78, 5) is 18.0. The summed E-state index contributed by atoms with van der Waals surface area (Å²) in [5, 5.41) is 6.83. The van der Waals surface area contributed by atoms with E-state index in [2.05, 4.69) is 15.6 Å². The third-order valence-electron chi connectivity index (χ3n) is 4.47. The molecular formula is C18H22F2N4O. The lowest BCUT2D eigenvalue weighted by molar-refractivity contribution is -0.124. The van der Waals surface area contributed by atoms with Crippen LogP contribution in [0.25, 0.3) is 10.9 Å². The SMILES string of the molecule is O=C(CN1CCNCC1C(F)F)NCCc1cccc2cccnc12. The Balaban J connectivity index is 1.52. The highest BCUT2D eigenvalue weighted by molar-refractivity contribution is 5.82. The Hall–Kier alpha value is -2.12. The van der Waals surface area contributed by atoms with Gasteiger partial charge in [0.25, 0.3) is 6.43 Å². The van der Waals surface area contributed by atoms with Crippen molar-refractivity contribution in [2.75, 3.05) is 32.7 Å². The number of aromatic nitrogens is 1. The minimum absolute atomic E-state index is 0.00444. The molecule has 1 atom stereocenters. The van der Waals surface area contributed by atoms with Crippen molar-refractivity contribution in [2.45, 2.75) is 18.9 Å². The van der Waals surface area contributed by atoms with Crippen LogP contribution in [0.15, 0.2) is 36.5 Å². The second-order valence-electron chi connectivity index (χ2n) is 6.17. The summed E-state index contributed by atoms with van der Waals surface area (Å²) in [6.07, 6.45) is -0.0542. The zero-order chi connectivity index (χ0) is 17.6. The van der Waals surface area contributed by atoms with E-state index in [1.165, 1.54) is 0 Å². The van der Waals surface area contributed by atoms with Gasteiger partial charge in [0.15, 0.2) is 0 Å². The van der Waals surface area contributed by atoms with E-state index in [-0.39, 0.29) is 19.0 Å². The summed E-state index contributed by atoms with van der Waals surface area (Å²) >= 11 is 0. The van der Waals surface area contributed by atoms with Gasteiger partial charge in [-0.25, -0.2) is 8.78 Å². The molecule has 1 aliphatic rings. The van der Waals surface area contributed by atoms with Gasteiger partial charge >= 0.3 is 0 Å². The van der Waals surface area contributed by atoms with Gasteiger partial charge in [-0.3, -0.25) is 14.7 Å². The fourth-order valence-corrected chi connectivity index (χ4v) is 3.16. The maximum atomic E-state index is 13.0. The van der Waals surface area contributed by atoms with E-state index in [1.807, 2.05) is 30.3 Å². The number of amides is 1. The molecule has 1 aromatic carbocycles. The summed E-state index contributed by atoms with van der Waals surface area (Å²) in [5.41, 5.74) is 1.99. The van der Waals surface area contributed by atoms with Gasteiger partial charge in [0, 0.05) is 37.8 Å². The smallest absolute Gasteiger partial charge is 0.255 e. The number of nitrogens with one attached hydrogen (secondary N) is 2. The number of fused-ring (bicyclic) bond motifs is 1. The third-order valence-corrected chi connectivity index (χ3v) is 4.47. The van der Waals surface area contributed by atoms with E-state index in [4.69, 9.17) is 0 Å². The summed E-state index contributed by atoms with van der Waals surface area (Å²) in [6, 6.07) is 8.95. The molecule has 1 aromatic heterocycles. The Morgan fingerprint density at radius 3 is 3.04 bits per heavy atom. The molecule has 1 fully saturated rings. The number of benzene rings is 1. The van der Waals surface area contributed by atoms with Gasteiger partial charge in [0.1, 0.15) is 0 Å². The van der Waals surface area contributed by atoms with Gasteiger partial charge in [-0.15, -0.1) is 0 Å². The predicted octanol–water partition coefficient (Wildman–Crippen LogP) is 1.43. The molecule has 1 aliphatic heterocycles. The van der Waals surface area contributed by atoms with Crippen LogP contribution >= 0.6 is 0 Å². The Bertz CT molecular complexity index is 720. The van der Waals surface area contributed by atoms with E-state index < -0.39 is 12.5 Å². The number of hydrogen-bond acceptors (Lipinski definition) is 4. The second-order valence-corrected chi connectivity index (χ2v) is 6.17. The average molecular weight is 348 g/mol. The molecule has 1 amide bonds. The van der Waals surface area contributed by atoms with Crippen LogP contribution in [0.2, 0.25) is 0 Å². The molecule has 2 N–H and O–H groups in total. The number of alkyl halides is 2. The van der Waals surface area contributed by atoms with Crippen LogP contribution in [0.4, 0.5) is 8.78 Å². The normalized spacial score (nSPS) is 18.6. The van der Waals surface area contributed by atoms with Crippen LogP contribution in [0, 0.1) is 0 Å². The molecule has 0 bridgehead atoms. The van der Waals surface area contributed by atoms with Gasteiger partial charge in [-0.05, 0) is 18.1 Å². The first-order valence-corrected chi connectivity index (χ1v) is 8.47. The number of rotatable bonds is 6. The highest BCUT2D eigenvalue weighted by Gasteiger charge is 2.30. The quantitative estimate of drug-likeness (QED) is 0.829. The number of carbonyl (C=O) groups is 1. The third kappa shape index (κ3) is 4.49. The number of carbonyl (C=O) groups excluding carboxylic acids is 1. The molecule has 0 saturated carbocycles. The molecule has 1 unspecified atom stereocenters. The highest BCUT2D eigenvalue weighted by Crippen LogP contribution is 2.16. The monoisotopic (exact) mass is 348 g/mol. The predicted molar refractivity (Wildman–Crippen MR) is 92.7 cm³/mol. The Labute approximate surface area is 145 Å². The molecule has 25 heavy (non-hydrogen) atoms. The van der Waals surface area contributed by atoms with Crippen LogP contribution in [0.1, 0.15) is 5.56 Å². The van der Waals surface area contributed by atoms with Crippen molar-refractivity contribution in [3.05, 3.63) is 42.1 Å². The van der Waals surface area contributed by atoms with Crippen molar-refractivity contribution in [3.8, 4) is 0 Å². The first-order chi connectivity index (χ1) is 12.1. The minimum atomic E-state index is -2.46. The van der Waals surface area contributed by atoms with E-state index in [9.17, 15) is 13.6 Å². The summed E-state index contributed by atoms with van der Waals surface area (Å²) < 4.78 is 26.0. The van der Waals surface area contributed by atoms with Crippen molar-refractivity contribution < 1.29 is 13.6 Å². The fourth-order valence-electron chi connectivity index (χ4n) is 3.16. The standard InChI is InChI=1S/C18H22F2N4O/c19-18(20)15-11-21-9-10-24(15)12-16(25)22-8-6-14-4-1-3-13-5-2-7-23-17(13)14/h1-5,7,15,18,21H,6,8-12H2,(H,22,25). The molecule has 2 aromatic rings. The lowest BCUT2D eigenvalue weighted by atomic mass is 10.1. The molecule has 7 heteroatoms. The van der Waals surface area contributed by atoms with E-state index in [0.29, 0.717) is 26.1 Å². The van der Waals surface area contributed by atoms with Gasteiger partial charge in [-0.1, -0.05) is 24.3 Å². The minimum Gasteiger partial charge on any atom is -0.355 e. The van der Waals surface area contributed by atoms with Crippen LogP contribution in [0.5, 0.6) is 0 Å². The van der Waals surface area contributed by atoms with Crippen LogP contribution < -0.4 is 10.6 Å². The van der Waals surface area contributed by atoms with Crippen molar-refractivity contribution in [1.29, 1.82) is 0 Å². The molecule has 134 valence electrons. The van der Waals surface area contributed by atoms with Crippen LogP contribution in [-0.4, -0.2) is 61.0 Å².